The van der Waals surface area contributed by atoms with E-state index in [0.717, 1.165) is 17.7 Å². The third-order valence-corrected chi connectivity index (χ3v) is 5.32. The number of hydrogen-bond acceptors (Lipinski definition) is 3. The highest BCUT2D eigenvalue weighted by atomic mass is 35.5. The van der Waals surface area contributed by atoms with Gasteiger partial charge in [0.15, 0.2) is 0 Å². The molecule has 2 rings (SSSR count). The lowest BCUT2D eigenvalue weighted by Gasteiger charge is -2.22. The minimum Gasteiger partial charge on any atom is -0.356 e. The van der Waals surface area contributed by atoms with Crippen molar-refractivity contribution in [3.8, 4) is 0 Å². The predicted octanol–water partition coefficient (Wildman–Crippen LogP) is 3.78. The summed E-state index contributed by atoms with van der Waals surface area (Å²) in [7, 11) is 0. The monoisotopic (exact) mass is 368 g/mol. The van der Waals surface area contributed by atoms with Crippen molar-refractivity contribution < 1.29 is 9.59 Å². The van der Waals surface area contributed by atoms with E-state index >= 15 is 0 Å². The zero-order valence-corrected chi connectivity index (χ0v) is 15.4. The molecule has 0 aliphatic heterocycles. The van der Waals surface area contributed by atoms with Gasteiger partial charge in [0.05, 0.1) is 0 Å². The van der Waals surface area contributed by atoms with Gasteiger partial charge in [-0.1, -0.05) is 30.9 Å². The van der Waals surface area contributed by atoms with Crippen LogP contribution in [0.3, 0.4) is 0 Å². The van der Waals surface area contributed by atoms with Gasteiger partial charge >= 0.3 is 0 Å². The molecule has 1 aromatic carbocycles. The van der Waals surface area contributed by atoms with Gasteiger partial charge in [0.1, 0.15) is 0 Å². The van der Waals surface area contributed by atoms with Crippen LogP contribution in [0, 0.1) is 0 Å². The normalized spacial score (nSPS) is 15.0. The van der Waals surface area contributed by atoms with Crippen LogP contribution in [0.4, 0.5) is 0 Å². The van der Waals surface area contributed by atoms with E-state index < -0.39 is 0 Å². The molecule has 6 heteroatoms. The van der Waals surface area contributed by atoms with Crippen molar-refractivity contribution in [3.05, 3.63) is 29.3 Å². The lowest BCUT2D eigenvalue weighted by Crippen LogP contribution is -2.38. The molecular formula is C18H25ClN2O2S. The molecule has 0 spiro atoms. The Morgan fingerprint density at radius 2 is 1.75 bits per heavy atom. The van der Waals surface area contributed by atoms with E-state index in [9.17, 15) is 9.59 Å². The fourth-order valence-electron chi connectivity index (χ4n) is 2.74. The minimum absolute atomic E-state index is 0.0121. The number of carbonyl (C=O) groups is 2. The number of amides is 2. The van der Waals surface area contributed by atoms with Gasteiger partial charge < -0.3 is 10.6 Å². The van der Waals surface area contributed by atoms with Crippen LogP contribution in [-0.4, -0.2) is 30.2 Å². The fourth-order valence-corrected chi connectivity index (χ4v) is 3.72. The number of halogens is 1. The Morgan fingerprint density at radius 3 is 2.46 bits per heavy atom. The number of carbonyl (C=O) groups excluding carboxylic acids is 2. The first-order valence-corrected chi connectivity index (χ1v) is 9.94. The molecule has 132 valence electrons. The number of rotatable bonds is 8. The summed E-state index contributed by atoms with van der Waals surface area (Å²) in [4.78, 5) is 24.7. The molecule has 0 bridgehead atoms. The van der Waals surface area contributed by atoms with Crippen molar-refractivity contribution in [2.75, 3.05) is 12.3 Å². The van der Waals surface area contributed by atoms with E-state index in [2.05, 4.69) is 10.6 Å². The largest absolute Gasteiger partial charge is 0.356 e. The zero-order chi connectivity index (χ0) is 17.2. The van der Waals surface area contributed by atoms with Gasteiger partial charge in [0.25, 0.3) is 0 Å². The Kier molecular flexibility index (Phi) is 8.47. The van der Waals surface area contributed by atoms with E-state index in [4.69, 9.17) is 11.6 Å². The average molecular weight is 369 g/mol. The summed E-state index contributed by atoms with van der Waals surface area (Å²) >= 11 is 7.46. The molecule has 2 amide bonds. The third-order valence-electron chi connectivity index (χ3n) is 4.06. The van der Waals surface area contributed by atoms with Gasteiger partial charge in [-0.05, 0) is 37.1 Å². The molecule has 0 saturated heterocycles. The second kappa shape index (κ2) is 10.6. The Labute approximate surface area is 153 Å². The molecule has 1 aromatic rings. The highest BCUT2D eigenvalue weighted by Gasteiger charge is 2.15. The lowest BCUT2D eigenvalue weighted by atomic mass is 9.95. The average Bonchev–Trinajstić information content (AvgIpc) is 2.57. The lowest BCUT2D eigenvalue weighted by molar-refractivity contribution is -0.122. The predicted molar refractivity (Wildman–Crippen MR) is 99.4 cm³/mol. The summed E-state index contributed by atoms with van der Waals surface area (Å²) < 4.78 is 0. The molecule has 0 aromatic heterocycles. The molecule has 1 aliphatic rings. The number of thioether (sulfide) groups is 1. The molecule has 0 unspecified atom stereocenters. The third kappa shape index (κ3) is 7.58. The Balaban J connectivity index is 1.52. The quantitative estimate of drug-likeness (QED) is 0.686. The summed E-state index contributed by atoms with van der Waals surface area (Å²) in [6, 6.07) is 7.91. The summed E-state index contributed by atoms with van der Waals surface area (Å²) in [5.74, 6) is 0.738. The van der Waals surface area contributed by atoms with Crippen molar-refractivity contribution in [2.24, 2.45) is 0 Å². The first-order chi connectivity index (χ1) is 11.6. The van der Waals surface area contributed by atoms with Crippen LogP contribution < -0.4 is 10.6 Å². The van der Waals surface area contributed by atoms with Gasteiger partial charge in [0.2, 0.25) is 11.8 Å². The Morgan fingerprint density at radius 1 is 1.04 bits per heavy atom. The molecule has 1 aliphatic carbocycles. The van der Waals surface area contributed by atoms with Crippen LogP contribution in [0.1, 0.15) is 44.9 Å². The van der Waals surface area contributed by atoms with Gasteiger partial charge in [-0.15, -0.1) is 11.8 Å². The Bertz CT molecular complexity index is 530. The topological polar surface area (TPSA) is 58.2 Å². The molecule has 0 radical (unpaired) electrons. The van der Waals surface area contributed by atoms with Gasteiger partial charge in [-0.2, -0.15) is 0 Å². The maximum atomic E-state index is 11.8. The van der Waals surface area contributed by atoms with E-state index in [1.807, 2.05) is 24.3 Å². The zero-order valence-electron chi connectivity index (χ0n) is 13.9. The standard InChI is InChI=1S/C18H25ClN2O2S/c19-14-6-8-16(9-7-14)24-13-11-17(22)20-12-10-18(23)21-15-4-2-1-3-5-15/h6-9,15H,1-5,10-13H2,(H,20,22)(H,21,23). The minimum atomic E-state index is -0.0121. The van der Waals surface area contributed by atoms with Crippen molar-refractivity contribution in [2.45, 2.75) is 55.9 Å². The smallest absolute Gasteiger partial charge is 0.221 e. The summed E-state index contributed by atoms with van der Waals surface area (Å²) in [6.07, 6.45) is 6.64. The molecule has 4 nitrogen and oxygen atoms in total. The summed E-state index contributed by atoms with van der Waals surface area (Å²) in [5, 5.41) is 6.58. The van der Waals surface area contributed by atoms with Gasteiger partial charge in [-0.25, -0.2) is 0 Å². The van der Waals surface area contributed by atoms with E-state index in [1.54, 1.807) is 11.8 Å². The molecule has 0 heterocycles. The van der Waals surface area contributed by atoms with Crippen molar-refractivity contribution >= 4 is 35.2 Å². The highest BCUT2D eigenvalue weighted by molar-refractivity contribution is 7.99. The van der Waals surface area contributed by atoms with E-state index in [1.165, 1.54) is 19.3 Å². The first-order valence-electron chi connectivity index (χ1n) is 8.58. The van der Waals surface area contributed by atoms with Crippen molar-refractivity contribution in [1.29, 1.82) is 0 Å². The van der Waals surface area contributed by atoms with E-state index in [-0.39, 0.29) is 11.8 Å². The molecule has 0 atom stereocenters. The van der Waals surface area contributed by atoms with Gasteiger partial charge in [0, 0.05) is 41.1 Å². The SMILES string of the molecule is O=C(CCSc1ccc(Cl)cc1)NCCC(=O)NC1CCCCC1. The number of benzene rings is 1. The first kappa shape index (κ1) is 19.1. The maximum Gasteiger partial charge on any atom is 0.221 e. The van der Waals surface area contributed by atoms with Crippen molar-refractivity contribution in [1.82, 2.24) is 10.6 Å². The maximum absolute atomic E-state index is 11.8. The highest BCUT2D eigenvalue weighted by Crippen LogP contribution is 2.20. The van der Waals surface area contributed by atoms with Crippen LogP contribution >= 0.6 is 23.4 Å². The molecule has 1 fully saturated rings. The fraction of sp³-hybridized carbons (Fsp3) is 0.556. The van der Waals surface area contributed by atoms with Crippen LogP contribution in [-0.2, 0) is 9.59 Å². The molecular weight excluding hydrogens is 344 g/mol. The number of hydrogen-bond donors (Lipinski definition) is 2. The van der Waals surface area contributed by atoms with Crippen molar-refractivity contribution in [3.63, 3.8) is 0 Å². The van der Waals surface area contributed by atoms with Gasteiger partial charge in [-0.3, -0.25) is 9.59 Å². The van der Waals surface area contributed by atoms with Crippen LogP contribution in [0.15, 0.2) is 29.2 Å². The van der Waals surface area contributed by atoms with Crippen LogP contribution in [0.2, 0.25) is 5.02 Å². The summed E-state index contributed by atoms with van der Waals surface area (Å²) in [6.45, 7) is 0.406. The summed E-state index contributed by atoms with van der Waals surface area (Å²) in [5.41, 5.74) is 0. The second-order valence-corrected chi connectivity index (χ2v) is 7.66. The van der Waals surface area contributed by atoms with Crippen LogP contribution in [0.25, 0.3) is 0 Å². The molecule has 2 N–H and O–H groups in total. The Hall–Kier alpha value is -1.20. The second-order valence-electron chi connectivity index (χ2n) is 6.05. The molecule has 1 saturated carbocycles. The van der Waals surface area contributed by atoms with E-state index in [0.29, 0.717) is 36.2 Å². The molecule has 24 heavy (non-hydrogen) atoms. The number of nitrogens with one attached hydrogen (secondary N) is 2. The van der Waals surface area contributed by atoms with Crippen LogP contribution in [0.5, 0.6) is 0 Å².